The molecule has 0 spiro atoms. The number of para-hydroxylation sites is 1. The smallest absolute Gasteiger partial charge is 0.242 e. The van der Waals surface area contributed by atoms with Crippen molar-refractivity contribution in [1.29, 1.82) is 0 Å². The van der Waals surface area contributed by atoms with Crippen LogP contribution in [0.2, 0.25) is 5.02 Å². The van der Waals surface area contributed by atoms with Gasteiger partial charge in [-0.25, -0.2) is 0 Å². The van der Waals surface area contributed by atoms with E-state index in [0.717, 1.165) is 16.8 Å². The van der Waals surface area contributed by atoms with Crippen LogP contribution in [0.3, 0.4) is 0 Å². The monoisotopic (exact) mass is 478 g/mol. The molecule has 6 nitrogen and oxygen atoms in total. The average molecular weight is 479 g/mol. The second-order valence-corrected chi connectivity index (χ2v) is 8.92. The van der Waals surface area contributed by atoms with Crippen molar-refractivity contribution in [2.24, 2.45) is 7.05 Å². The van der Waals surface area contributed by atoms with Gasteiger partial charge in [-0.05, 0) is 36.8 Å². The Hall–Kier alpha value is -3.29. The minimum atomic E-state index is -0.507. The van der Waals surface area contributed by atoms with Gasteiger partial charge in [0.2, 0.25) is 5.91 Å². The second-order valence-electron chi connectivity index (χ2n) is 7.44. The van der Waals surface area contributed by atoms with Crippen molar-refractivity contribution in [2.75, 3.05) is 5.32 Å². The summed E-state index contributed by atoms with van der Waals surface area (Å²) in [6.07, 6.45) is 0. The number of halogens is 1. The largest absolute Gasteiger partial charge is 0.484 e. The summed E-state index contributed by atoms with van der Waals surface area (Å²) in [5.41, 5.74) is 2.76. The second kappa shape index (κ2) is 10.6. The molecule has 0 radical (unpaired) electrons. The summed E-state index contributed by atoms with van der Waals surface area (Å²) in [5, 5.41) is 12.2. The number of aryl methyl sites for hydroxylation is 1. The Bertz CT molecular complexity index is 1230. The first-order valence-electron chi connectivity index (χ1n) is 10.4. The van der Waals surface area contributed by atoms with Crippen molar-refractivity contribution >= 4 is 35.0 Å². The summed E-state index contributed by atoms with van der Waals surface area (Å²) in [6.45, 7) is 2.22. The zero-order chi connectivity index (χ0) is 23.2. The predicted octanol–water partition coefficient (Wildman–Crippen LogP) is 5.83. The number of aromatic nitrogens is 3. The summed E-state index contributed by atoms with van der Waals surface area (Å²) in [7, 11) is 1.85. The highest BCUT2D eigenvalue weighted by atomic mass is 35.5. The number of nitrogens with zero attached hydrogens (tertiary/aromatic N) is 3. The number of carbonyl (C=O) groups excluding carboxylic acids is 1. The number of hydrogen-bond acceptors (Lipinski definition) is 5. The molecule has 1 atom stereocenters. The Labute approximate surface area is 202 Å². The highest BCUT2D eigenvalue weighted by Gasteiger charge is 2.25. The van der Waals surface area contributed by atoms with E-state index in [-0.39, 0.29) is 12.5 Å². The molecule has 4 aromatic rings. The lowest BCUT2D eigenvalue weighted by Crippen LogP contribution is -2.19. The molecule has 0 aliphatic rings. The van der Waals surface area contributed by atoms with E-state index in [2.05, 4.69) is 15.5 Å². The van der Waals surface area contributed by atoms with Crippen LogP contribution in [0.15, 0.2) is 84.0 Å². The van der Waals surface area contributed by atoms with Crippen molar-refractivity contribution in [2.45, 2.75) is 23.9 Å². The van der Waals surface area contributed by atoms with Crippen molar-refractivity contribution < 1.29 is 9.53 Å². The molecular formula is C25H23ClN4O2S. The molecule has 0 bridgehead atoms. The zero-order valence-electron chi connectivity index (χ0n) is 18.2. The van der Waals surface area contributed by atoms with Gasteiger partial charge in [0, 0.05) is 12.7 Å². The van der Waals surface area contributed by atoms with Gasteiger partial charge in [0.25, 0.3) is 0 Å². The fraction of sp³-hybridized carbons (Fsp3) is 0.160. The van der Waals surface area contributed by atoms with Crippen LogP contribution in [0, 0.1) is 6.92 Å². The van der Waals surface area contributed by atoms with Gasteiger partial charge in [0.15, 0.2) is 11.0 Å². The van der Waals surface area contributed by atoms with E-state index in [1.54, 1.807) is 12.1 Å². The van der Waals surface area contributed by atoms with E-state index in [4.69, 9.17) is 16.3 Å². The number of carbonyl (C=O) groups is 1. The van der Waals surface area contributed by atoms with Crippen LogP contribution < -0.4 is 10.1 Å². The maximum atomic E-state index is 13.2. The molecule has 1 aromatic heterocycles. The number of anilines is 1. The summed E-state index contributed by atoms with van der Waals surface area (Å²) in [5.74, 6) is 1.08. The first-order valence-corrected chi connectivity index (χ1v) is 11.6. The topological polar surface area (TPSA) is 69.0 Å². The molecule has 33 heavy (non-hydrogen) atoms. The highest BCUT2D eigenvalue weighted by molar-refractivity contribution is 8.00. The van der Waals surface area contributed by atoms with Gasteiger partial charge in [0.05, 0.1) is 5.02 Å². The van der Waals surface area contributed by atoms with Gasteiger partial charge in [-0.2, -0.15) is 0 Å². The van der Waals surface area contributed by atoms with Gasteiger partial charge >= 0.3 is 0 Å². The lowest BCUT2D eigenvalue weighted by Gasteiger charge is -2.17. The Kier molecular flexibility index (Phi) is 7.32. The number of thioether (sulfide) groups is 1. The number of rotatable bonds is 8. The quantitative estimate of drug-likeness (QED) is 0.323. The average Bonchev–Trinajstić information content (AvgIpc) is 3.18. The number of nitrogens with one attached hydrogen (secondary N) is 1. The molecule has 0 aliphatic heterocycles. The highest BCUT2D eigenvalue weighted by Crippen LogP contribution is 2.35. The third-order valence-electron chi connectivity index (χ3n) is 5.00. The standard InChI is InChI=1S/C25H23ClN4O2S/c1-17-12-14-19(15-13-17)27-24(31)23(18-8-4-3-5-9-18)33-25-29-28-22(30(25)2)16-32-21-11-7-6-10-20(21)26/h3-15,23H,16H2,1-2H3,(H,27,31). The van der Waals surface area contributed by atoms with E-state index in [9.17, 15) is 4.79 Å². The molecule has 1 N–H and O–H groups in total. The van der Waals surface area contributed by atoms with E-state index >= 15 is 0 Å². The molecule has 168 valence electrons. The third kappa shape index (κ3) is 5.74. The minimum Gasteiger partial charge on any atom is -0.484 e. The van der Waals surface area contributed by atoms with Crippen LogP contribution in [0.1, 0.15) is 22.2 Å². The normalized spacial score (nSPS) is 11.7. The van der Waals surface area contributed by atoms with Crippen LogP contribution in [-0.2, 0) is 18.4 Å². The van der Waals surface area contributed by atoms with Crippen LogP contribution >= 0.6 is 23.4 Å². The fourth-order valence-electron chi connectivity index (χ4n) is 3.13. The molecule has 1 amide bonds. The third-order valence-corrected chi connectivity index (χ3v) is 6.60. The number of ether oxygens (including phenoxy) is 1. The summed E-state index contributed by atoms with van der Waals surface area (Å²) < 4.78 is 7.63. The Morgan fingerprint density at radius 3 is 2.45 bits per heavy atom. The van der Waals surface area contributed by atoms with Crippen LogP contribution in [0.4, 0.5) is 5.69 Å². The van der Waals surface area contributed by atoms with Crippen molar-refractivity contribution in [3.8, 4) is 5.75 Å². The molecule has 0 aliphatic carbocycles. The van der Waals surface area contributed by atoms with Crippen molar-refractivity contribution in [3.63, 3.8) is 0 Å². The fourth-order valence-corrected chi connectivity index (χ4v) is 4.34. The maximum Gasteiger partial charge on any atom is 0.242 e. The van der Waals surface area contributed by atoms with E-state index in [0.29, 0.717) is 21.8 Å². The van der Waals surface area contributed by atoms with Gasteiger partial charge in [-0.1, -0.05) is 83.5 Å². The first kappa shape index (κ1) is 22.9. The van der Waals surface area contributed by atoms with E-state index in [1.807, 2.05) is 85.3 Å². The van der Waals surface area contributed by atoms with E-state index < -0.39 is 5.25 Å². The zero-order valence-corrected chi connectivity index (χ0v) is 19.8. The molecule has 4 rings (SSSR count). The molecule has 0 saturated heterocycles. The van der Waals surface area contributed by atoms with Crippen LogP contribution in [0.5, 0.6) is 5.75 Å². The molecule has 1 heterocycles. The molecular weight excluding hydrogens is 456 g/mol. The molecule has 1 unspecified atom stereocenters. The maximum absolute atomic E-state index is 13.2. The van der Waals surface area contributed by atoms with Crippen molar-refractivity contribution in [3.05, 3.63) is 101 Å². The summed E-state index contributed by atoms with van der Waals surface area (Å²) in [6, 6.07) is 24.6. The number of benzene rings is 3. The predicted molar refractivity (Wildman–Crippen MR) is 132 cm³/mol. The molecule has 8 heteroatoms. The summed E-state index contributed by atoms with van der Waals surface area (Å²) in [4.78, 5) is 13.2. The Morgan fingerprint density at radius 2 is 1.73 bits per heavy atom. The lowest BCUT2D eigenvalue weighted by molar-refractivity contribution is -0.115. The number of hydrogen-bond donors (Lipinski definition) is 1. The molecule has 0 fully saturated rings. The Balaban J connectivity index is 1.52. The molecule has 0 saturated carbocycles. The van der Waals surface area contributed by atoms with Gasteiger partial charge in [-0.3, -0.25) is 4.79 Å². The van der Waals surface area contributed by atoms with Gasteiger partial charge in [0.1, 0.15) is 17.6 Å². The SMILES string of the molecule is Cc1ccc(NC(=O)C(Sc2nnc(COc3ccccc3Cl)n2C)c2ccccc2)cc1. The Morgan fingerprint density at radius 1 is 1.03 bits per heavy atom. The summed E-state index contributed by atoms with van der Waals surface area (Å²) >= 11 is 7.51. The van der Waals surface area contributed by atoms with Gasteiger partial charge in [-0.15, -0.1) is 10.2 Å². The van der Waals surface area contributed by atoms with E-state index in [1.165, 1.54) is 11.8 Å². The lowest BCUT2D eigenvalue weighted by atomic mass is 10.1. The molecule has 3 aromatic carbocycles. The van der Waals surface area contributed by atoms with Crippen LogP contribution in [-0.4, -0.2) is 20.7 Å². The minimum absolute atomic E-state index is 0.132. The van der Waals surface area contributed by atoms with Gasteiger partial charge < -0.3 is 14.6 Å². The van der Waals surface area contributed by atoms with Crippen LogP contribution in [0.25, 0.3) is 0 Å². The first-order chi connectivity index (χ1) is 16.0. The number of amides is 1. The van der Waals surface area contributed by atoms with Crippen molar-refractivity contribution in [1.82, 2.24) is 14.8 Å².